The Kier molecular flexibility index (Phi) is 5.91. The third-order valence-corrected chi connectivity index (χ3v) is 2.61. The Balaban J connectivity index is 0.00000162. The molecule has 0 bridgehead atoms. The van der Waals surface area contributed by atoms with Crippen molar-refractivity contribution in [1.29, 1.82) is 0 Å². The van der Waals surface area contributed by atoms with Crippen molar-refractivity contribution in [3.8, 4) is 0 Å². The number of halogens is 1. The summed E-state index contributed by atoms with van der Waals surface area (Å²) in [7, 11) is 0. The molecule has 0 saturated carbocycles. The molecule has 0 radical (unpaired) electrons. The number of hydrogen-bond acceptors (Lipinski definition) is 2. The molecule has 1 aromatic carbocycles. The highest BCUT2D eigenvalue weighted by Crippen LogP contribution is 2.06. The fourth-order valence-electron chi connectivity index (χ4n) is 1.72. The van der Waals surface area contributed by atoms with E-state index < -0.39 is 0 Å². The van der Waals surface area contributed by atoms with Crippen LogP contribution in [0.5, 0.6) is 0 Å². The molecule has 0 amide bonds. The minimum absolute atomic E-state index is 0. The van der Waals surface area contributed by atoms with Gasteiger partial charge in [0.2, 0.25) is 5.69 Å². The van der Waals surface area contributed by atoms with Crippen LogP contribution in [0.25, 0.3) is 6.08 Å². The van der Waals surface area contributed by atoms with Crippen LogP contribution in [0.3, 0.4) is 0 Å². The quantitative estimate of drug-likeness (QED) is 0.617. The standard InChI is InChI=1S/C14H16N2O.HI/c1-3-16-12(2)11-17-14(16)9-10-15-13-7-5-4-6-8-13;/h4-11H,3H2,1-2H3;1H. The molecule has 1 heterocycles. The van der Waals surface area contributed by atoms with Gasteiger partial charge in [-0.05, 0) is 19.1 Å². The molecule has 2 aromatic rings. The summed E-state index contributed by atoms with van der Waals surface area (Å²) in [6, 6.07) is 10.0. The van der Waals surface area contributed by atoms with Crippen molar-refractivity contribution in [3.05, 3.63) is 54.4 Å². The zero-order valence-corrected chi connectivity index (χ0v) is 12.7. The van der Waals surface area contributed by atoms with E-state index >= 15 is 0 Å². The highest BCUT2D eigenvalue weighted by atomic mass is 127. The lowest BCUT2D eigenvalue weighted by Gasteiger charge is -1.97. The minimum Gasteiger partial charge on any atom is -1.00 e. The topological polar surface area (TPSA) is 29.0 Å². The Morgan fingerprint density at radius 3 is 2.67 bits per heavy atom. The first-order valence-corrected chi connectivity index (χ1v) is 5.77. The van der Waals surface area contributed by atoms with E-state index in [0.717, 1.165) is 23.8 Å². The average molecular weight is 356 g/mol. The first-order valence-electron chi connectivity index (χ1n) is 5.77. The van der Waals surface area contributed by atoms with E-state index in [1.807, 2.05) is 49.5 Å². The third-order valence-electron chi connectivity index (χ3n) is 2.61. The predicted molar refractivity (Wildman–Crippen MR) is 68.4 cm³/mol. The van der Waals surface area contributed by atoms with Gasteiger partial charge in [-0.1, -0.05) is 18.2 Å². The van der Waals surface area contributed by atoms with Gasteiger partial charge in [0.15, 0.2) is 6.26 Å². The van der Waals surface area contributed by atoms with Crippen LogP contribution in [0.1, 0.15) is 18.5 Å². The van der Waals surface area contributed by atoms with Crippen molar-refractivity contribution in [2.24, 2.45) is 0 Å². The number of aryl methyl sites for hydroxylation is 1. The smallest absolute Gasteiger partial charge is 0.374 e. The molecule has 1 aromatic heterocycles. The highest BCUT2D eigenvalue weighted by molar-refractivity contribution is 5.49. The van der Waals surface area contributed by atoms with E-state index in [9.17, 15) is 0 Å². The number of hydrogen-bond donors (Lipinski definition) is 1. The second kappa shape index (κ2) is 7.20. The number of aromatic nitrogens is 1. The number of oxazole rings is 1. The highest BCUT2D eigenvalue weighted by Gasteiger charge is 2.13. The van der Waals surface area contributed by atoms with Crippen LogP contribution in [0.4, 0.5) is 5.69 Å². The summed E-state index contributed by atoms with van der Waals surface area (Å²) >= 11 is 0. The van der Waals surface area contributed by atoms with Crippen molar-refractivity contribution in [2.45, 2.75) is 20.4 Å². The van der Waals surface area contributed by atoms with Crippen molar-refractivity contribution in [1.82, 2.24) is 0 Å². The molecule has 0 saturated heterocycles. The maximum atomic E-state index is 5.46. The van der Waals surface area contributed by atoms with E-state index in [1.54, 1.807) is 6.26 Å². The maximum absolute atomic E-state index is 5.46. The summed E-state index contributed by atoms with van der Waals surface area (Å²) in [4.78, 5) is 0. The van der Waals surface area contributed by atoms with E-state index in [4.69, 9.17) is 4.42 Å². The summed E-state index contributed by atoms with van der Waals surface area (Å²) in [5, 5.41) is 3.20. The summed E-state index contributed by atoms with van der Waals surface area (Å²) in [5.74, 6) is 0.855. The fraction of sp³-hybridized carbons (Fsp3) is 0.214. The molecule has 1 N–H and O–H groups in total. The number of nitrogens with one attached hydrogen (secondary N) is 1. The molecule has 3 nitrogen and oxygen atoms in total. The van der Waals surface area contributed by atoms with Gasteiger partial charge in [-0.25, -0.2) is 0 Å². The van der Waals surface area contributed by atoms with Gasteiger partial charge in [0, 0.05) is 18.8 Å². The molecule has 4 heteroatoms. The van der Waals surface area contributed by atoms with Crippen LogP contribution in [-0.2, 0) is 6.54 Å². The van der Waals surface area contributed by atoms with Gasteiger partial charge < -0.3 is 33.7 Å². The molecule has 0 unspecified atom stereocenters. The van der Waals surface area contributed by atoms with Gasteiger partial charge in [-0.2, -0.15) is 4.57 Å². The van der Waals surface area contributed by atoms with Gasteiger partial charge in [0.05, 0.1) is 6.08 Å². The van der Waals surface area contributed by atoms with Crippen LogP contribution in [-0.4, -0.2) is 0 Å². The monoisotopic (exact) mass is 356 g/mol. The molecule has 0 aliphatic carbocycles. The van der Waals surface area contributed by atoms with E-state index in [2.05, 4.69) is 16.8 Å². The first kappa shape index (κ1) is 14.8. The Morgan fingerprint density at radius 2 is 2.00 bits per heavy atom. The zero-order valence-electron chi connectivity index (χ0n) is 10.6. The van der Waals surface area contributed by atoms with Crippen LogP contribution in [0, 0.1) is 6.92 Å². The maximum Gasteiger partial charge on any atom is 0.374 e. The molecule has 18 heavy (non-hydrogen) atoms. The van der Waals surface area contributed by atoms with Crippen molar-refractivity contribution in [2.75, 3.05) is 5.32 Å². The third kappa shape index (κ3) is 3.60. The average Bonchev–Trinajstić information content (AvgIpc) is 2.71. The largest absolute Gasteiger partial charge is 1.00 e. The summed E-state index contributed by atoms with van der Waals surface area (Å²) in [6.45, 7) is 5.05. The molecular weight excluding hydrogens is 339 g/mol. The summed E-state index contributed by atoms with van der Waals surface area (Å²) in [6.07, 6.45) is 5.59. The van der Waals surface area contributed by atoms with E-state index in [1.165, 1.54) is 0 Å². The molecule has 0 aliphatic rings. The van der Waals surface area contributed by atoms with Gasteiger partial charge in [0.25, 0.3) is 0 Å². The van der Waals surface area contributed by atoms with E-state index in [0.29, 0.717) is 0 Å². The lowest BCUT2D eigenvalue weighted by Crippen LogP contribution is -3.00. The molecule has 0 aliphatic heterocycles. The van der Waals surface area contributed by atoms with Gasteiger partial charge >= 0.3 is 5.89 Å². The Labute approximate surface area is 125 Å². The normalized spacial score (nSPS) is 10.3. The van der Waals surface area contributed by atoms with Crippen molar-refractivity contribution in [3.63, 3.8) is 0 Å². The lowest BCUT2D eigenvalue weighted by molar-refractivity contribution is -0.703. The van der Waals surface area contributed by atoms with E-state index in [-0.39, 0.29) is 24.0 Å². The van der Waals surface area contributed by atoms with Crippen LogP contribution >= 0.6 is 0 Å². The Morgan fingerprint density at radius 1 is 1.28 bits per heavy atom. The first-order chi connectivity index (χ1) is 8.31. The molecule has 0 spiro atoms. The minimum atomic E-state index is 0. The van der Waals surface area contributed by atoms with Crippen molar-refractivity contribution < 1.29 is 33.0 Å². The molecule has 0 atom stereocenters. The second-order valence-corrected chi connectivity index (χ2v) is 3.80. The van der Waals surface area contributed by atoms with Crippen LogP contribution in [0.2, 0.25) is 0 Å². The number of rotatable bonds is 4. The lowest BCUT2D eigenvalue weighted by atomic mass is 10.3. The predicted octanol–water partition coefficient (Wildman–Crippen LogP) is -0.0178. The Hall–Kier alpha value is -1.30. The fourth-order valence-corrected chi connectivity index (χ4v) is 1.72. The van der Waals surface area contributed by atoms with Gasteiger partial charge in [0.1, 0.15) is 6.54 Å². The number of nitrogens with zero attached hydrogens (tertiary/aromatic N) is 1. The Bertz CT molecular complexity index is 506. The molecule has 2 rings (SSSR count). The summed E-state index contributed by atoms with van der Waals surface area (Å²) in [5.41, 5.74) is 2.20. The molecule has 0 fully saturated rings. The molecular formula is C14H17IN2O. The zero-order chi connectivity index (χ0) is 12.1. The van der Waals surface area contributed by atoms with Crippen molar-refractivity contribution >= 4 is 11.8 Å². The SMILES string of the molecule is CC[n+]1c(C)coc1/C=C/Nc1ccccc1.[I-]. The molecule has 96 valence electrons. The summed E-state index contributed by atoms with van der Waals surface area (Å²) < 4.78 is 7.57. The van der Waals surface area contributed by atoms with Crippen LogP contribution < -0.4 is 33.9 Å². The van der Waals surface area contributed by atoms with Gasteiger partial charge in [-0.15, -0.1) is 0 Å². The van der Waals surface area contributed by atoms with Crippen LogP contribution in [0.15, 0.2) is 47.2 Å². The number of para-hydroxylation sites is 1. The van der Waals surface area contributed by atoms with Gasteiger partial charge in [-0.3, -0.25) is 0 Å². The number of anilines is 1. The number of benzene rings is 1. The second-order valence-electron chi connectivity index (χ2n) is 3.80.